The van der Waals surface area contributed by atoms with Gasteiger partial charge < -0.3 is 4.42 Å². The molecule has 1 aromatic heterocycles. The second-order valence-corrected chi connectivity index (χ2v) is 8.53. The van der Waals surface area contributed by atoms with Crippen LogP contribution < -0.4 is 0 Å². The zero-order valence-corrected chi connectivity index (χ0v) is 15.7. The van der Waals surface area contributed by atoms with Crippen LogP contribution in [0, 0.1) is 0 Å². The van der Waals surface area contributed by atoms with Gasteiger partial charge in [0, 0.05) is 19.6 Å². The molecule has 1 saturated heterocycles. The Morgan fingerprint density at radius 1 is 1.07 bits per heavy atom. The highest BCUT2D eigenvalue weighted by molar-refractivity contribution is 7.89. The monoisotopic (exact) mass is 402 g/mol. The van der Waals surface area contributed by atoms with Gasteiger partial charge in [-0.25, -0.2) is 8.42 Å². The Morgan fingerprint density at radius 2 is 1.74 bits per heavy atom. The Morgan fingerprint density at radius 3 is 2.41 bits per heavy atom. The van der Waals surface area contributed by atoms with Crippen molar-refractivity contribution in [3.63, 3.8) is 0 Å². The fourth-order valence-electron chi connectivity index (χ4n) is 3.19. The standard InChI is InChI=1S/C18H21F3N2O3S/c1-22(12-14-6-2-3-7-16(14)18(19,20)21)13-15-8-9-17(26-15)27(24,25)23-10-4-5-11-23/h2-3,6-9H,4-5,10-13H2,1H3. The lowest BCUT2D eigenvalue weighted by Crippen LogP contribution is -2.27. The molecule has 1 aliphatic rings. The summed E-state index contributed by atoms with van der Waals surface area (Å²) in [6, 6.07) is 8.36. The van der Waals surface area contributed by atoms with Gasteiger partial charge in [0.05, 0.1) is 12.1 Å². The lowest BCUT2D eigenvalue weighted by molar-refractivity contribution is -0.138. The lowest BCUT2D eigenvalue weighted by atomic mass is 10.1. The first kappa shape index (κ1) is 19.9. The van der Waals surface area contributed by atoms with Crippen LogP contribution in [0.5, 0.6) is 0 Å². The maximum absolute atomic E-state index is 13.1. The summed E-state index contributed by atoms with van der Waals surface area (Å²) in [5, 5.41) is -0.122. The molecule has 5 nitrogen and oxygen atoms in total. The number of halogens is 3. The zero-order valence-electron chi connectivity index (χ0n) is 14.9. The van der Waals surface area contributed by atoms with Gasteiger partial charge in [-0.1, -0.05) is 18.2 Å². The number of hydrogen-bond acceptors (Lipinski definition) is 4. The molecule has 1 aromatic carbocycles. The molecule has 9 heteroatoms. The van der Waals surface area contributed by atoms with Gasteiger partial charge in [-0.2, -0.15) is 17.5 Å². The molecule has 0 atom stereocenters. The first-order valence-corrected chi connectivity index (χ1v) is 10.0. The summed E-state index contributed by atoms with van der Waals surface area (Å²) in [5.41, 5.74) is -0.516. The van der Waals surface area contributed by atoms with Crippen LogP contribution in [0.3, 0.4) is 0 Å². The lowest BCUT2D eigenvalue weighted by Gasteiger charge is -2.19. The summed E-state index contributed by atoms with van der Waals surface area (Å²) in [6.07, 6.45) is -2.76. The third-order valence-corrected chi connectivity index (χ3v) is 6.26. The smallest absolute Gasteiger partial charge is 0.416 e. The Hall–Kier alpha value is -1.84. The van der Waals surface area contributed by atoms with Crippen molar-refractivity contribution in [2.24, 2.45) is 0 Å². The van der Waals surface area contributed by atoms with E-state index in [1.54, 1.807) is 24.1 Å². The van der Waals surface area contributed by atoms with E-state index >= 15 is 0 Å². The average molecular weight is 402 g/mol. The van der Waals surface area contributed by atoms with Gasteiger partial charge in [0.15, 0.2) is 0 Å². The number of rotatable bonds is 6. The first-order chi connectivity index (χ1) is 12.7. The molecule has 0 spiro atoms. The second kappa shape index (κ2) is 7.65. The second-order valence-electron chi connectivity index (χ2n) is 6.66. The summed E-state index contributed by atoms with van der Waals surface area (Å²) in [6.45, 7) is 1.21. The van der Waals surface area contributed by atoms with Gasteiger partial charge in [-0.15, -0.1) is 0 Å². The van der Waals surface area contributed by atoms with E-state index in [9.17, 15) is 21.6 Å². The minimum atomic E-state index is -4.42. The van der Waals surface area contributed by atoms with E-state index in [1.807, 2.05) is 0 Å². The minimum absolute atomic E-state index is 0.0601. The van der Waals surface area contributed by atoms with Crippen LogP contribution in [-0.2, 0) is 29.3 Å². The van der Waals surface area contributed by atoms with Crippen LogP contribution in [0.4, 0.5) is 13.2 Å². The molecule has 2 aromatic rings. The van der Waals surface area contributed by atoms with Gasteiger partial charge in [-0.05, 0) is 43.7 Å². The molecule has 0 amide bonds. The van der Waals surface area contributed by atoms with Gasteiger partial charge in [-0.3, -0.25) is 4.90 Å². The van der Waals surface area contributed by atoms with E-state index in [1.165, 1.54) is 22.5 Å². The molecule has 0 bridgehead atoms. The highest BCUT2D eigenvalue weighted by Crippen LogP contribution is 2.32. The third kappa shape index (κ3) is 4.53. The minimum Gasteiger partial charge on any atom is -0.447 e. The molecule has 27 heavy (non-hydrogen) atoms. The Kier molecular flexibility index (Phi) is 5.64. The first-order valence-electron chi connectivity index (χ1n) is 8.60. The largest absolute Gasteiger partial charge is 0.447 e. The van der Waals surface area contributed by atoms with Crippen LogP contribution in [0.25, 0.3) is 0 Å². The van der Waals surface area contributed by atoms with Gasteiger partial charge in [0.1, 0.15) is 5.76 Å². The maximum atomic E-state index is 13.1. The van der Waals surface area contributed by atoms with Gasteiger partial charge in [0.25, 0.3) is 10.0 Å². The molecule has 0 aliphatic carbocycles. The summed E-state index contributed by atoms with van der Waals surface area (Å²) in [5.74, 6) is 0.389. The number of alkyl halides is 3. The Balaban J connectivity index is 1.69. The molecular weight excluding hydrogens is 381 g/mol. The topological polar surface area (TPSA) is 53.8 Å². The summed E-state index contributed by atoms with van der Waals surface area (Å²) >= 11 is 0. The number of benzene rings is 1. The van der Waals surface area contributed by atoms with Crippen molar-refractivity contribution < 1.29 is 26.0 Å². The van der Waals surface area contributed by atoms with E-state index in [4.69, 9.17) is 4.42 Å². The molecule has 3 rings (SSSR count). The average Bonchev–Trinajstić information content (AvgIpc) is 3.26. The quantitative estimate of drug-likeness (QED) is 0.739. The molecule has 2 heterocycles. The normalized spacial score (nSPS) is 16.3. The molecule has 0 radical (unpaired) electrons. The van der Waals surface area contributed by atoms with Gasteiger partial charge >= 0.3 is 6.18 Å². The fraction of sp³-hybridized carbons (Fsp3) is 0.444. The van der Waals surface area contributed by atoms with Crippen molar-refractivity contribution in [1.29, 1.82) is 0 Å². The predicted octanol–water partition coefficient (Wildman–Crippen LogP) is 3.71. The van der Waals surface area contributed by atoms with Crippen LogP contribution >= 0.6 is 0 Å². The summed E-state index contributed by atoms with van der Waals surface area (Å²) in [4.78, 5) is 1.65. The molecule has 0 N–H and O–H groups in total. The predicted molar refractivity (Wildman–Crippen MR) is 93.3 cm³/mol. The van der Waals surface area contributed by atoms with Crippen LogP contribution in [0.15, 0.2) is 45.9 Å². The number of furan rings is 1. The number of sulfonamides is 1. The SMILES string of the molecule is CN(Cc1ccc(S(=O)(=O)N2CCCC2)o1)Cc1ccccc1C(F)(F)F. The van der Waals surface area contributed by atoms with Gasteiger partial charge in [0.2, 0.25) is 5.09 Å². The summed E-state index contributed by atoms with van der Waals surface area (Å²) < 4.78 is 71.1. The molecule has 0 saturated carbocycles. The molecule has 1 fully saturated rings. The third-order valence-electron chi connectivity index (χ3n) is 4.48. The Bertz CT molecular complexity index is 887. The highest BCUT2D eigenvalue weighted by atomic mass is 32.2. The van der Waals surface area contributed by atoms with Crippen molar-refractivity contribution >= 4 is 10.0 Å². The van der Waals surface area contributed by atoms with E-state index in [-0.39, 0.29) is 23.7 Å². The van der Waals surface area contributed by atoms with Crippen molar-refractivity contribution in [2.45, 2.75) is 37.2 Å². The van der Waals surface area contributed by atoms with Crippen LogP contribution in [0.2, 0.25) is 0 Å². The van der Waals surface area contributed by atoms with Crippen molar-refractivity contribution in [3.8, 4) is 0 Å². The van der Waals surface area contributed by atoms with Crippen molar-refractivity contribution in [2.75, 3.05) is 20.1 Å². The van der Waals surface area contributed by atoms with Crippen molar-refractivity contribution in [3.05, 3.63) is 53.3 Å². The van der Waals surface area contributed by atoms with E-state index in [0.717, 1.165) is 18.9 Å². The van der Waals surface area contributed by atoms with E-state index in [0.29, 0.717) is 18.8 Å². The summed E-state index contributed by atoms with van der Waals surface area (Å²) in [7, 11) is -1.98. The molecule has 1 aliphatic heterocycles. The van der Waals surface area contributed by atoms with Crippen LogP contribution in [-0.4, -0.2) is 37.8 Å². The number of hydrogen-bond donors (Lipinski definition) is 0. The van der Waals surface area contributed by atoms with E-state index < -0.39 is 21.8 Å². The maximum Gasteiger partial charge on any atom is 0.416 e. The molecular formula is C18H21F3N2O3S. The number of nitrogens with zero attached hydrogens (tertiary/aromatic N) is 2. The molecule has 0 unspecified atom stereocenters. The van der Waals surface area contributed by atoms with Crippen molar-refractivity contribution in [1.82, 2.24) is 9.21 Å². The highest BCUT2D eigenvalue weighted by Gasteiger charge is 2.33. The zero-order chi connectivity index (χ0) is 19.7. The van der Waals surface area contributed by atoms with Crippen LogP contribution in [0.1, 0.15) is 29.7 Å². The Labute approximate surface area is 156 Å². The fourth-order valence-corrected chi connectivity index (χ4v) is 4.63. The van der Waals surface area contributed by atoms with E-state index in [2.05, 4.69) is 0 Å². The molecule has 148 valence electrons.